The van der Waals surface area contributed by atoms with E-state index in [1.54, 1.807) is 4.90 Å². The van der Waals surface area contributed by atoms with Crippen LogP contribution in [0.4, 0.5) is 5.82 Å². The van der Waals surface area contributed by atoms with E-state index in [9.17, 15) is 4.79 Å². The Morgan fingerprint density at radius 1 is 1.32 bits per heavy atom. The maximum absolute atomic E-state index is 12.0. The number of likely N-dealkylation sites (N-methyl/N-ethyl adjacent to an activating group) is 1. The third-order valence-corrected chi connectivity index (χ3v) is 3.64. The van der Waals surface area contributed by atoms with Crippen molar-refractivity contribution in [1.29, 1.82) is 0 Å². The normalized spacial score (nSPS) is 16.9. The maximum Gasteiger partial charge on any atom is 0.241 e. The zero-order valence-electron chi connectivity index (χ0n) is 12.2. The highest BCUT2D eigenvalue weighted by molar-refractivity contribution is 5.81. The lowest BCUT2D eigenvalue weighted by molar-refractivity contribution is -0.127. The number of carbonyl (C=O) groups excluding carboxylic acids is 1. The quantitative estimate of drug-likeness (QED) is 0.843. The van der Waals surface area contributed by atoms with Crippen molar-refractivity contribution in [2.75, 3.05) is 38.6 Å². The van der Waals surface area contributed by atoms with E-state index in [4.69, 9.17) is 0 Å². The first-order chi connectivity index (χ1) is 9.04. The summed E-state index contributed by atoms with van der Waals surface area (Å²) in [6, 6.07) is 0. The summed E-state index contributed by atoms with van der Waals surface area (Å²) in [5.41, 5.74) is 2.21. The van der Waals surface area contributed by atoms with Crippen LogP contribution in [0.5, 0.6) is 0 Å². The maximum atomic E-state index is 12.0. The number of nitrogens with one attached hydrogen (secondary N) is 1. The number of aryl methyl sites for hydroxylation is 2. The number of hydrogen-bond donors (Lipinski definition) is 1. The zero-order chi connectivity index (χ0) is 14.0. The van der Waals surface area contributed by atoms with E-state index in [1.165, 1.54) is 5.56 Å². The van der Waals surface area contributed by atoms with Gasteiger partial charge in [-0.3, -0.25) is 9.48 Å². The number of anilines is 1. The van der Waals surface area contributed by atoms with Crippen LogP contribution >= 0.6 is 0 Å². The molecule has 106 valence electrons. The lowest BCUT2D eigenvalue weighted by Gasteiger charge is -2.23. The van der Waals surface area contributed by atoms with Gasteiger partial charge in [-0.05, 0) is 20.4 Å². The molecule has 0 unspecified atom stereocenters. The molecule has 1 N–H and O–H groups in total. The average molecular weight is 265 g/mol. The molecule has 1 amide bonds. The number of rotatable bonds is 3. The second kappa shape index (κ2) is 5.61. The Balaban J connectivity index is 2.32. The van der Waals surface area contributed by atoms with Gasteiger partial charge in [0, 0.05) is 39.3 Å². The van der Waals surface area contributed by atoms with Crippen LogP contribution in [0, 0.1) is 6.92 Å². The molecule has 0 bridgehead atoms. The summed E-state index contributed by atoms with van der Waals surface area (Å²) >= 11 is 0. The van der Waals surface area contributed by atoms with Gasteiger partial charge in [-0.2, -0.15) is 5.10 Å². The number of nitrogens with zero attached hydrogens (tertiary/aromatic N) is 4. The van der Waals surface area contributed by atoms with Gasteiger partial charge < -0.3 is 15.1 Å². The Morgan fingerprint density at radius 2 is 2.05 bits per heavy atom. The molecule has 0 atom stereocenters. The van der Waals surface area contributed by atoms with Crippen molar-refractivity contribution in [2.24, 2.45) is 7.05 Å². The average Bonchev–Trinajstić information content (AvgIpc) is 2.52. The van der Waals surface area contributed by atoms with Gasteiger partial charge in [-0.1, -0.05) is 0 Å². The van der Waals surface area contributed by atoms with E-state index < -0.39 is 0 Å². The lowest BCUT2D eigenvalue weighted by Crippen LogP contribution is -2.35. The standard InChI is InChI=1S/C13H23N5O/c1-10-11(8-14-2)13(17(4)15-10)18-7-5-6-16(3)12(19)9-18/h14H,5-9H2,1-4H3. The Hall–Kier alpha value is -1.56. The highest BCUT2D eigenvalue weighted by Gasteiger charge is 2.24. The molecule has 1 aliphatic heterocycles. The van der Waals surface area contributed by atoms with Gasteiger partial charge in [0.1, 0.15) is 5.82 Å². The van der Waals surface area contributed by atoms with E-state index in [2.05, 4.69) is 15.3 Å². The minimum atomic E-state index is 0.173. The van der Waals surface area contributed by atoms with Crippen LogP contribution in [0.15, 0.2) is 0 Å². The first-order valence-corrected chi connectivity index (χ1v) is 6.70. The first-order valence-electron chi connectivity index (χ1n) is 6.70. The van der Waals surface area contributed by atoms with Crippen molar-refractivity contribution >= 4 is 11.7 Å². The molecule has 0 spiro atoms. The molecule has 0 aliphatic carbocycles. The Labute approximate surface area is 114 Å². The van der Waals surface area contributed by atoms with Crippen LogP contribution in [0.3, 0.4) is 0 Å². The second-order valence-corrected chi connectivity index (χ2v) is 5.13. The number of amides is 1. The fraction of sp³-hybridized carbons (Fsp3) is 0.692. The molecular weight excluding hydrogens is 242 g/mol. The molecular formula is C13H23N5O. The van der Waals surface area contributed by atoms with E-state index in [0.29, 0.717) is 6.54 Å². The van der Waals surface area contributed by atoms with Crippen LogP contribution in [0.2, 0.25) is 0 Å². The Bertz CT molecular complexity index is 468. The van der Waals surface area contributed by atoms with Gasteiger partial charge in [-0.25, -0.2) is 0 Å². The van der Waals surface area contributed by atoms with E-state index >= 15 is 0 Å². The van der Waals surface area contributed by atoms with E-state index in [-0.39, 0.29) is 5.91 Å². The molecule has 2 rings (SSSR count). The molecule has 2 heterocycles. The third kappa shape index (κ3) is 2.73. The summed E-state index contributed by atoms with van der Waals surface area (Å²) in [5.74, 6) is 1.24. The minimum Gasteiger partial charge on any atom is -0.347 e. The van der Waals surface area contributed by atoms with Crippen LogP contribution in [-0.2, 0) is 18.4 Å². The van der Waals surface area contributed by atoms with Crippen LogP contribution < -0.4 is 10.2 Å². The largest absolute Gasteiger partial charge is 0.347 e. The predicted octanol–water partition coefficient (Wildman–Crippen LogP) is 0.116. The minimum absolute atomic E-state index is 0.173. The van der Waals surface area contributed by atoms with Crippen molar-refractivity contribution in [2.45, 2.75) is 19.9 Å². The predicted molar refractivity (Wildman–Crippen MR) is 75.2 cm³/mol. The molecule has 6 heteroatoms. The molecule has 0 radical (unpaired) electrons. The van der Waals surface area contributed by atoms with Gasteiger partial charge in [-0.15, -0.1) is 0 Å². The number of aromatic nitrogens is 2. The molecule has 1 aromatic heterocycles. The monoisotopic (exact) mass is 265 g/mol. The smallest absolute Gasteiger partial charge is 0.241 e. The molecule has 1 fully saturated rings. The summed E-state index contributed by atoms with van der Waals surface area (Å²) in [4.78, 5) is 16.0. The van der Waals surface area contributed by atoms with Crippen molar-refractivity contribution in [3.63, 3.8) is 0 Å². The topological polar surface area (TPSA) is 53.4 Å². The Kier molecular flexibility index (Phi) is 4.09. The molecule has 1 aromatic rings. The highest BCUT2D eigenvalue weighted by atomic mass is 16.2. The zero-order valence-corrected chi connectivity index (χ0v) is 12.2. The third-order valence-electron chi connectivity index (χ3n) is 3.64. The van der Waals surface area contributed by atoms with Crippen molar-refractivity contribution < 1.29 is 4.79 Å². The summed E-state index contributed by atoms with van der Waals surface area (Å²) in [6.07, 6.45) is 0.992. The number of carbonyl (C=O) groups is 1. The van der Waals surface area contributed by atoms with Crippen molar-refractivity contribution in [1.82, 2.24) is 20.0 Å². The van der Waals surface area contributed by atoms with Gasteiger partial charge >= 0.3 is 0 Å². The van der Waals surface area contributed by atoms with Gasteiger partial charge in [0.05, 0.1) is 12.2 Å². The van der Waals surface area contributed by atoms with Crippen LogP contribution in [0.1, 0.15) is 17.7 Å². The molecule has 1 saturated heterocycles. The van der Waals surface area contributed by atoms with Crippen molar-refractivity contribution in [3.8, 4) is 0 Å². The van der Waals surface area contributed by atoms with E-state index in [1.807, 2.05) is 32.7 Å². The summed E-state index contributed by atoms with van der Waals surface area (Å²) in [5, 5.41) is 7.67. The van der Waals surface area contributed by atoms with Gasteiger partial charge in [0.2, 0.25) is 5.91 Å². The molecule has 0 aromatic carbocycles. The van der Waals surface area contributed by atoms with Gasteiger partial charge in [0.25, 0.3) is 0 Å². The second-order valence-electron chi connectivity index (χ2n) is 5.13. The van der Waals surface area contributed by atoms with Crippen molar-refractivity contribution in [3.05, 3.63) is 11.3 Å². The molecule has 0 saturated carbocycles. The SMILES string of the molecule is CNCc1c(C)nn(C)c1N1CCCN(C)C(=O)C1. The molecule has 1 aliphatic rings. The fourth-order valence-corrected chi connectivity index (χ4v) is 2.64. The summed E-state index contributed by atoms with van der Waals surface area (Å²) in [6.45, 7) is 4.95. The van der Waals surface area contributed by atoms with E-state index in [0.717, 1.165) is 37.6 Å². The molecule has 19 heavy (non-hydrogen) atoms. The fourth-order valence-electron chi connectivity index (χ4n) is 2.64. The van der Waals surface area contributed by atoms with Crippen LogP contribution in [-0.4, -0.2) is 54.3 Å². The lowest BCUT2D eigenvalue weighted by atomic mass is 10.2. The van der Waals surface area contributed by atoms with Crippen LogP contribution in [0.25, 0.3) is 0 Å². The number of hydrogen-bond acceptors (Lipinski definition) is 4. The summed E-state index contributed by atoms with van der Waals surface area (Å²) in [7, 11) is 5.74. The first kappa shape index (κ1) is 13.9. The van der Waals surface area contributed by atoms with Gasteiger partial charge in [0.15, 0.2) is 0 Å². The Morgan fingerprint density at radius 3 is 2.74 bits per heavy atom. The summed E-state index contributed by atoms with van der Waals surface area (Å²) < 4.78 is 1.89. The molecule has 6 nitrogen and oxygen atoms in total. The highest BCUT2D eigenvalue weighted by Crippen LogP contribution is 2.24.